The second-order valence-electron chi connectivity index (χ2n) is 4.10. The Hall–Kier alpha value is -1.13. The molecule has 0 aliphatic carbocycles. The van der Waals surface area contributed by atoms with Crippen molar-refractivity contribution in [1.82, 2.24) is 14.9 Å². The van der Waals surface area contributed by atoms with Crippen molar-refractivity contribution >= 4 is 11.3 Å². The number of nitrogens with zero attached hydrogens (tertiary/aromatic N) is 2. The third-order valence-electron chi connectivity index (χ3n) is 2.96. The molecule has 2 aromatic heterocycles. The van der Waals surface area contributed by atoms with Crippen LogP contribution in [-0.2, 0) is 6.54 Å². The normalized spacial score (nSPS) is 12.8. The van der Waals surface area contributed by atoms with Gasteiger partial charge in [-0.3, -0.25) is 0 Å². The highest BCUT2D eigenvalue weighted by molar-refractivity contribution is 7.10. The van der Waals surface area contributed by atoms with Crippen LogP contribution in [-0.4, -0.2) is 16.1 Å². The van der Waals surface area contributed by atoms with E-state index in [1.807, 2.05) is 30.7 Å². The Morgan fingerprint density at radius 1 is 1.53 bits per heavy atom. The van der Waals surface area contributed by atoms with Crippen LogP contribution < -0.4 is 5.32 Å². The molecule has 0 bridgehead atoms. The molecule has 1 N–H and O–H groups in total. The van der Waals surface area contributed by atoms with Crippen LogP contribution >= 0.6 is 11.3 Å². The van der Waals surface area contributed by atoms with E-state index in [4.69, 9.17) is 0 Å². The molecule has 4 heteroatoms. The molecular weight excluding hydrogens is 230 g/mol. The number of rotatable bonds is 6. The van der Waals surface area contributed by atoms with Crippen molar-refractivity contribution in [1.29, 1.82) is 0 Å². The fraction of sp³-hybridized carbons (Fsp3) is 0.462. The summed E-state index contributed by atoms with van der Waals surface area (Å²) < 4.78 is 2.17. The van der Waals surface area contributed by atoms with E-state index in [9.17, 15) is 0 Å². The van der Waals surface area contributed by atoms with Gasteiger partial charge in [0.15, 0.2) is 0 Å². The molecule has 0 aromatic carbocycles. The maximum atomic E-state index is 4.22. The van der Waals surface area contributed by atoms with E-state index in [0.717, 1.165) is 25.3 Å². The first-order valence-electron chi connectivity index (χ1n) is 6.05. The molecule has 2 heterocycles. The first-order valence-corrected chi connectivity index (χ1v) is 6.93. The van der Waals surface area contributed by atoms with Crippen LogP contribution in [0.15, 0.2) is 29.9 Å². The summed E-state index contributed by atoms with van der Waals surface area (Å²) in [5.74, 6) is 1.08. The molecule has 0 amide bonds. The van der Waals surface area contributed by atoms with Gasteiger partial charge in [-0.1, -0.05) is 13.0 Å². The Kier molecular flexibility index (Phi) is 4.34. The Labute approximate surface area is 107 Å². The standard InChI is InChI=1S/C13H19N3S/c1-3-12(13-5-4-10-17-13)15-7-9-16-8-6-14-11(16)2/h4-6,8,10,12,15H,3,7,9H2,1-2H3. The Bertz CT molecular complexity index is 433. The monoisotopic (exact) mass is 249 g/mol. The lowest BCUT2D eigenvalue weighted by Gasteiger charge is -2.15. The van der Waals surface area contributed by atoms with Gasteiger partial charge in [-0.05, 0) is 24.8 Å². The zero-order chi connectivity index (χ0) is 12.1. The van der Waals surface area contributed by atoms with Crippen molar-refractivity contribution in [2.24, 2.45) is 0 Å². The molecule has 2 rings (SSSR count). The van der Waals surface area contributed by atoms with Gasteiger partial charge in [-0.25, -0.2) is 4.98 Å². The number of thiophene rings is 1. The molecular formula is C13H19N3S. The summed E-state index contributed by atoms with van der Waals surface area (Å²) in [6.45, 7) is 6.22. The molecule has 0 aliphatic rings. The molecule has 1 atom stereocenters. The summed E-state index contributed by atoms with van der Waals surface area (Å²) in [6, 6.07) is 4.80. The lowest BCUT2D eigenvalue weighted by molar-refractivity contribution is 0.495. The number of aromatic nitrogens is 2. The Balaban J connectivity index is 1.83. The summed E-state index contributed by atoms with van der Waals surface area (Å²) in [5, 5.41) is 5.74. The molecule has 0 aliphatic heterocycles. The fourth-order valence-corrected chi connectivity index (χ4v) is 2.82. The topological polar surface area (TPSA) is 29.9 Å². The van der Waals surface area contributed by atoms with E-state index >= 15 is 0 Å². The first-order chi connectivity index (χ1) is 8.31. The SMILES string of the molecule is CCC(NCCn1ccnc1C)c1cccs1. The van der Waals surface area contributed by atoms with Gasteiger partial charge in [0, 0.05) is 36.4 Å². The maximum Gasteiger partial charge on any atom is 0.105 e. The highest BCUT2D eigenvalue weighted by atomic mass is 32.1. The summed E-state index contributed by atoms with van der Waals surface area (Å²) in [4.78, 5) is 5.65. The van der Waals surface area contributed by atoms with Crippen molar-refractivity contribution in [2.75, 3.05) is 6.54 Å². The average Bonchev–Trinajstić information content (AvgIpc) is 2.97. The van der Waals surface area contributed by atoms with Gasteiger partial charge in [0.25, 0.3) is 0 Å². The lowest BCUT2D eigenvalue weighted by Crippen LogP contribution is -2.24. The molecule has 0 radical (unpaired) electrons. The van der Waals surface area contributed by atoms with Crippen molar-refractivity contribution in [2.45, 2.75) is 32.9 Å². The number of nitrogens with one attached hydrogen (secondary N) is 1. The van der Waals surface area contributed by atoms with E-state index in [-0.39, 0.29) is 0 Å². The van der Waals surface area contributed by atoms with Gasteiger partial charge >= 0.3 is 0 Å². The van der Waals surface area contributed by atoms with Gasteiger partial charge in [0.1, 0.15) is 5.82 Å². The molecule has 0 spiro atoms. The van der Waals surface area contributed by atoms with Gasteiger partial charge in [0.05, 0.1) is 0 Å². The number of hydrogen-bond acceptors (Lipinski definition) is 3. The second kappa shape index (κ2) is 5.98. The predicted molar refractivity (Wildman–Crippen MR) is 72.3 cm³/mol. The highest BCUT2D eigenvalue weighted by Gasteiger charge is 2.08. The summed E-state index contributed by atoms with van der Waals surface area (Å²) in [6.07, 6.45) is 5.01. The van der Waals surface area contributed by atoms with Crippen LogP contribution in [0.4, 0.5) is 0 Å². The fourth-order valence-electron chi connectivity index (χ4n) is 1.93. The molecule has 0 saturated carbocycles. The number of aryl methyl sites for hydroxylation is 1. The third kappa shape index (κ3) is 3.17. The summed E-state index contributed by atoms with van der Waals surface area (Å²) in [5.41, 5.74) is 0. The van der Waals surface area contributed by atoms with Crippen LogP contribution in [0.25, 0.3) is 0 Å². The quantitative estimate of drug-likeness (QED) is 0.853. The Morgan fingerprint density at radius 3 is 3.00 bits per heavy atom. The van der Waals surface area contributed by atoms with Gasteiger partial charge in [-0.2, -0.15) is 0 Å². The van der Waals surface area contributed by atoms with Crippen LogP contribution in [0.3, 0.4) is 0 Å². The highest BCUT2D eigenvalue weighted by Crippen LogP contribution is 2.21. The van der Waals surface area contributed by atoms with E-state index in [2.05, 4.69) is 39.3 Å². The largest absolute Gasteiger partial charge is 0.334 e. The molecule has 0 fully saturated rings. The minimum absolute atomic E-state index is 0.485. The lowest BCUT2D eigenvalue weighted by atomic mass is 10.2. The van der Waals surface area contributed by atoms with Crippen LogP contribution in [0.1, 0.15) is 30.1 Å². The van der Waals surface area contributed by atoms with Crippen LogP contribution in [0, 0.1) is 6.92 Å². The smallest absolute Gasteiger partial charge is 0.105 e. The van der Waals surface area contributed by atoms with Crippen molar-refractivity contribution < 1.29 is 0 Å². The van der Waals surface area contributed by atoms with E-state index in [1.165, 1.54) is 4.88 Å². The van der Waals surface area contributed by atoms with E-state index in [0.29, 0.717) is 6.04 Å². The number of hydrogen-bond donors (Lipinski definition) is 1. The van der Waals surface area contributed by atoms with Crippen LogP contribution in [0.5, 0.6) is 0 Å². The predicted octanol–water partition coefficient (Wildman–Crippen LogP) is 2.99. The molecule has 17 heavy (non-hydrogen) atoms. The minimum Gasteiger partial charge on any atom is -0.334 e. The average molecular weight is 249 g/mol. The molecule has 92 valence electrons. The van der Waals surface area contributed by atoms with Crippen LogP contribution in [0.2, 0.25) is 0 Å². The summed E-state index contributed by atoms with van der Waals surface area (Å²) >= 11 is 1.83. The molecule has 3 nitrogen and oxygen atoms in total. The zero-order valence-electron chi connectivity index (χ0n) is 10.4. The van der Waals surface area contributed by atoms with Gasteiger partial charge in [0.2, 0.25) is 0 Å². The van der Waals surface area contributed by atoms with Gasteiger partial charge in [-0.15, -0.1) is 11.3 Å². The van der Waals surface area contributed by atoms with Crippen molar-refractivity contribution in [3.8, 4) is 0 Å². The van der Waals surface area contributed by atoms with E-state index in [1.54, 1.807) is 0 Å². The molecule has 1 unspecified atom stereocenters. The molecule has 2 aromatic rings. The van der Waals surface area contributed by atoms with Crippen molar-refractivity contribution in [3.05, 3.63) is 40.6 Å². The zero-order valence-corrected chi connectivity index (χ0v) is 11.2. The second-order valence-corrected chi connectivity index (χ2v) is 5.08. The van der Waals surface area contributed by atoms with Crippen molar-refractivity contribution in [3.63, 3.8) is 0 Å². The third-order valence-corrected chi connectivity index (χ3v) is 3.95. The van der Waals surface area contributed by atoms with Gasteiger partial charge < -0.3 is 9.88 Å². The number of imidazole rings is 1. The van der Waals surface area contributed by atoms with E-state index < -0.39 is 0 Å². The Morgan fingerprint density at radius 2 is 2.41 bits per heavy atom. The first kappa shape index (κ1) is 12.3. The summed E-state index contributed by atoms with van der Waals surface area (Å²) in [7, 11) is 0. The maximum absolute atomic E-state index is 4.22. The minimum atomic E-state index is 0.485. The molecule has 0 saturated heterocycles.